The molecule has 2 amide bonds. The number of carbonyl (C=O) groups excluding carboxylic acids is 2. The van der Waals surface area contributed by atoms with Gasteiger partial charge >= 0.3 is 0 Å². The van der Waals surface area contributed by atoms with Crippen LogP contribution in [0.15, 0.2) is 36.5 Å². The maximum Gasteiger partial charge on any atom is 0.237 e. The number of halogens is 2. The third-order valence-corrected chi connectivity index (χ3v) is 5.92. The van der Waals surface area contributed by atoms with E-state index in [0.29, 0.717) is 18.7 Å². The summed E-state index contributed by atoms with van der Waals surface area (Å²) in [5.74, 6) is 4.09. The van der Waals surface area contributed by atoms with Crippen molar-refractivity contribution < 1.29 is 23.5 Å². The standard InChI is InChI=1S/C24H22ClFN2O4/c1-15(7-6-12-31-22-10-4-5-11-27-22)32-21-14-20(19(26)13-18(21)25)28-23(29)16-8-2-3-9-17(16)24(28)30/h4-5,10-11,13-17H,2-3,8-9,12H2,1H3. The molecule has 32 heavy (non-hydrogen) atoms. The lowest BCUT2D eigenvalue weighted by Crippen LogP contribution is -2.31. The smallest absolute Gasteiger partial charge is 0.237 e. The molecule has 4 rings (SSSR count). The molecule has 1 aliphatic heterocycles. The lowest BCUT2D eigenvalue weighted by Gasteiger charge is -2.19. The first-order valence-corrected chi connectivity index (χ1v) is 10.9. The van der Waals surface area contributed by atoms with Crippen LogP contribution in [0, 0.1) is 29.5 Å². The third-order valence-electron chi connectivity index (χ3n) is 5.62. The average Bonchev–Trinajstić information content (AvgIpc) is 3.04. The fourth-order valence-corrected chi connectivity index (χ4v) is 4.32. The van der Waals surface area contributed by atoms with Crippen molar-refractivity contribution in [3.8, 4) is 23.5 Å². The molecule has 8 heteroatoms. The van der Waals surface area contributed by atoms with Gasteiger partial charge in [-0.1, -0.05) is 42.3 Å². The summed E-state index contributed by atoms with van der Waals surface area (Å²) in [5.41, 5.74) is -0.132. The van der Waals surface area contributed by atoms with E-state index in [1.165, 1.54) is 6.07 Å². The molecule has 2 fully saturated rings. The van der Waals surface area contributed by atoms with Crippen LogP contribution in [0.5, 0.6) is 11.6 Å². The normalized spacial score (nSPS) is 20.9. The van der Waals surface area contributed by atoms with Gasteiger partial charge in [0.2, 0.25) is 17.7 Å². The number of benzene rings is 1. The predicted molar refractivity (Wildman–Crippen MR) is 117 cm³/mol. The number of anilines is 1. The van der Waals surface area contributed by atoms with Gasteiger partial charge in [0, 0.05) is 18.3 Å². The van der Waals surface area contributed by atoms with E-state index in [9.17, 15) is 14.0 Å². The van der Waals surface area contributed by atoms with Crippen LogP contribution in [0.3, 0.4) is 0 Å². The molecule has 1 aromatic carbocycles. The van der Waals surface area contributed by atoms with Crippen molar-refractivity contribution in [1.82, 2.24) is 4.98 Å². The Balaban J connectivity index is 1.47. The number of nitrogens with zero attached hydrogens (tertiary/aromatic N) is 2. The zero-order valence-corrected chi connectivity index (χ0v) is 18.3. The molecule has 6 nitrogen and oxygen atoms in total. The van der Waals surface area contributed by atoms with Crippen molar-refractivity contribution in [2.24, 2.45) is 11.8 Å². The van der Waals surface area contributed by atoms with Gasteiger partial charge in [-0.05, 0) is 31.9 Å². The van der Waals surface area contributed by atoms with Crippen LogP contribution in [0.4, 0.5) is 10.1 Å². The van der Waals surface area contributed by atoms with Crippen molar-refractivity contribution in [2.75, 3.05) is 11.5 Å². The number of fused-ring (bicyclic) bond motifs is 1. The topological polar surface area (TPSA) is 68.7 Å². The van der Waals surface area contributed by atoms with E-state index in [2.05, 4.69) is 16.8 Å². The number of aromatic nitrogens is 1. The number of imide groups is 1. The number of rotatable bonds is 5. The van der Waals surface area contributed by atoms with Gasteiger partial charge in [-0.15, -0.1) is 0 Å². The van der Waals surface area contributed by atoms with E-state index in [1.54, 1.807) is 31.3 Å². The molecule has 1 aromatic heterocycles. The average molecular weight is 457 g/mol. The lowest BCUT2D eigenvalue weighted by atomic mass is 9.81. The second kappa shape index (κ2) is 9.58. The van der Waals surface area contributed by atoms with E-state index < -0.39 is 11.9 Å². The second-order valence-corrected chi connectivity index (χ2v) is 8.19. The molecule has 3 unspecified atom stereocenters. The molecule has 1 saturated carbocycles. The highest BCUT2D eigenvalue weighted by atomic mass is 35.5. The summed E-state index contributed by atoms with van der Waals surface area (Å²) in [6.45, 7) is 1.82. The van der Waals surface area contributed by atoms with Crippen molar-refractivity contribution in [3.63, 3.8) is 0 Å². The number of ether oxygens (including phenoxy) is 2. The minimum Gasteiger partial charge on any atom is -0.476 e. The molecule has 2 aromatic rings. The van der Waals surface area contributed by atoms with Gasteiger partial charge < -0.3 is 9.47 Å². The fourth-order valence-electron chi connectivity index (χ4n) is 4.13. The van der Waals surface area contributed by atoms with Gasteiger partial charge in [-0.25, -0.2) is 14.3 Å². The van der Waals surface area contributed by atoms with E-state index in [1.807, 2.05) is 0 Å². The minimum atomic E-state index is -0.745. The minimum absolute atomic E-state index is 0.0288. The Morgan fingerprint density at radius 2 is 1.94 bits per heavy atom. The van der Waals surface area contributed by atoms with Crippen LogP contribution in [-0.4, -0.2) is 29.5 Å². The molecule has 1 saturated heterocycles. The Morgan fingerprint density at radius 1 is 1.22 bits per heavy atom. The van der Waals surface area contributed by atoms with Gasteiger partial charge in [0.1, 0.15) is 11.6 Å². The van der Waals surface area contributed by atoms with E-state index >= 15 is 0 Å². The molecule has 166 valence electrons. The summed E-state index contributed by atoms with van der Waals surface area (Å²) < 4.78 is 25.9. The fraction of sp³-hybridized carbons (Fsp3) is 0.375. The van der Waals surface area contributed by atoms with Crippen LogP contribution in [0.2, 0.25) is 5.02 Å². The Labute approximate surface area is 190 Å². The van der Waals surface area contributed by atoms with Crippen LogP contribution in [0.25, 0.3) is 0 Å². The van der Waals surface area contributed by atoms with Gasteiger partial charge in [0.05, 0.1) is 22.5 Å². The van der Waals surface area contributed by atoms with Gasteiger partial charge in [0.15, 0.2) is 12.7 Å². The summed E-state index contributed by atoms with van der Waals surface area (Å²) in [6.07, 6.45) is 4.12. The Bertz CT molecular complexity index is 1060. The number of pyridine rings is 1. The molecular formula is C24H22ClFN2O4. The quantitative estimate of drug-likeness (QED) is 0.492. The molecular weight excluding hydrogens is 435 g/mol. The number of hydrogen-bond acceptors (Lipinski definition) is 5. The van der Waals surface area contributed by atoms with Crippen molar-refractivity contribution in [1.29, 1.82) is 0 Å². The molecule has 0 bridgehead atoms. The van der Waals surface area contributed by atoms with E-state index in [0.717, 1.165) is 23.8 Å². The van der Waals surface area contributed by atoms with E-state index in [4.69, 9.17) is 21.1 Å². The summed E-state index contributed by atoms with van der Waals surface area (Å²) >= 11 is 6.15. The summed E-state index contributed by atoms with van der Waals surface area (Å²) in [5, 5.41) is 0.0288. The lowest BCUT2D eigenvalue weighted by molar-refractivity contribution is -0.122. The van der Waals surface area contributed by atoms with Crippen molar-refractivity contribution in [2.45, 2.75) is 38.7 Å². The Hall–Kier alpha value is -3.11. The Kier molecular flexibility index (Phi) is 6.61. The maximum atomic E-state index is 14.7. The molecule has 0 spiro atoms. The van der Waals surface area contributed by atoms with Crippen molar-refractivity contribution >= 4 is 29.1 Å². The highest BCUT2D eigenvalue weighted by Gasteiger charge is 2.49. The zero-order chi connectivity index (χ0) is 22.7. The molecule has 0 radical (unpaired) electrons. The van der Waals surface area contributed by atoms with Crippen LogP contribution in [0.1, 0.15) is 32.6 Å². The first kappa shape index (κ1) is 22.1. The first-order valence-electron chi connectivity index (χ1n) is 10.5. The third kappa shape index (κ3) is 4.56. The molecule has 3 atom stereocenters. The summed E-state index contributed by atoms with van der Waals surface area (Å²) in [4.78, 5) is 30.7. The van der Waals surface area contributed by atoms with Crippen LogP contribution in [-0.2, 0) is 9.59 Å². The maximum absolute atomic E-state index is 14.7. The number of carbonyl (C=O) groups is 2. The van der Waals surface area contributed by atoms with Crippen LogP contribution < -0.4 is 14.4 Å². The second-order valence-electron chi connectivity index (χ2n) is 7.78. The van der Waals surface area contributed by atoms with Gasteiger partial charge in [-0.2, -0.15) is 0 Å². The van der Waals surface area contributed by atoms with E-state index in [-0.39, 0.29) is 46.7 Å². The molecule has 0 N–H and O–H groups in total. The van der Waals surface area contributed by atoms with Gasteiger partial charge in [-0.3, -0.25) is 9.59 Å². The van der Waals surface area contributed by atoms with Crippen LogP contribution >= 0.6 is 11.6 Å². The summed E-state index contributed by atoms with van der Waals surface area (Å²) in [7, 11) is 0. The van der Waals surface area contributed by atoms with Crippen molar-refractivity contribution in [3.05, 3.63) is 47.4 Å². The largest absolute Gasteiger partial charge is 0.476 e. The molecule has 2 aliphatic rings. The SMILES string of the molecule is CC(C#CCOc1ccccn1)Oc1cc(N2C(=O)C3CCCCC3C2=O)c(F)cc1Cl. The highest BCUT2D eigenvalue weighted by Crippen LogP contribution is 2.42. The number of amides is 2. The number of hydrogen-bond donors (Lipinski definition) is 0. The molecule has 2 heterocycles. The summed E-state index contributed by atoms with van der Waals surface area (Å²) in [6, 6.07) is 7.66. The van der Waals surface area contributed by atoms with Gasteiger partial charge in [0.25, 0.3) is 0 Å². The predicted octanol–water partition coefficient (Wildman–Crippen LogP) is 4.40. The zero-order valence-electron chi connectivity index (χ0n) is 17.5. The molecule has 1 aliphatic carbocycles. The monoisotopic (exact) mass is 456 g/mol. The first-order chi connectivity index (χ1) is 15.5. The highest BCUT2D eigenvalue weighted by molar-refractivity contribution is 6.32. The Morgan fingerprint density at radius 3 is 2.59 bits per heavy atom.